The molecule has 2 unspecified atom stereocenters. The Morgan fingerprint density at radius 3 is 1.95 bits per heavy atom. The second-order valence-corrected chi connectivity index (χ2v) is 11.9. The van der Waals surface area contributed by atoms with E-state index >= 15 is 0 Å². The Balaban J connectivity index is 1.09. The Kier molecular flexibility index (Phi) is 12.3. The predicted octanol–water partition coefficient (Wildman–Crippen LogP) is 5.06. The lowest BCUT2D eigenvalue weighted by atomic mass is 9.85. The van der Waals surface area contributed by atoms with Crippen molar-refractivity contribution < 1.29 is 0 Å². The zero-order valence-electron chi connectivity index (χ0n) is 26.5. The molecule has 2 aromatic heterocycles. The minimum Gasteiger partial charge on any atom is -0.384 e. The molecule has 2 atom stereocenters. The van der Waals surface area contributed by atoms with Crippen molar-refractivity contribution in [1.82, 2.24) is 35.7 Å². The summed E-state index contributed by atoms with van der Waals surface area (Å²) in [5, 5.41) is 10.7. The number of fused-ring (bicyclic) bond motifs is 1. The van der Waals surface area contributed by atoms with E-state index < -0.39 is 0 Å². The maximum absolute atomic E-state index is 4.43. The van der Waals surface area contributed by atoms with Gasteiger partial charge < -0.3 is 16.0 Å². The molecule has 0 saturated carbocycles. The lowest BCUT2D eigenvalue weighted by Gasteiger charge is -2.25. The Hall–Kier alpha value is -3.62. The molecule has 0 amide bonds. The highest BCUT2D eigenvalue weighted by Crippen LogP contribution is 2.32. The molecule has 0 bridgehead atoms. The summed E-state index contributed by atoms with van der Waals surface area (Å²) >= 11 is 0. The summed E-state index contributed by atoms with van der Waals surface area (Å²) in [4.78, 5) is 13.9. The normalized spacial score (nSPS) is 17.5. The quantitative estimate of drug-likeness (QED) is 0.179. The van der Waals surface area contributed by atoms with Gasteiger partial charge in [-0.1, -0.05) is 67.1 Å². The smallest absolute Gasteiger partial charge is 0.0569 e. The number of benzene rings is 1. The molecule has 1 aromatic carbocycles. The van der Waals surface area contributed by atoms with Crippen LogP contribution in [-0.4, -0.2) is 65.1 Å². The summed E-state index contributed by atoms with van der Waals surface area (Å²) < 4.78 is 0. The van der Waals surface area contributed by atoms with Crippen LogP contribution in [0.4, 0.5) is 0 Å². The van der Waals surface area contributed by atoms with Crippen LogP contribution in [0.1, 0.15) is 42.8 Å². The van der Waals surface area contributed by atoms with Gasteiger partial charge in [0.25, 0.3) is 0 Å². The van der Waals surface area contributed by atoms with Crippen LogP contribution < -0.4 is 16.0 Å². The fraction of sp³-hybridized carbons (Fsp3) is 0.405. The first-order valence-corrected chi connectivity index (χ1v) is 16.2. The van der Waals surface area contributed by atoms with Crippen molar-refractivity contribution in [1.29, 1.82) is 0 Å². The number of nitrogens with one attached hydrogen (secondary N) is 3. The summed E-state index contributed by atoms with van der Waals surface area (Å²) in [6.45, 7) is 13.9. The maximum Gasteiger partial charge on any atom is 0.0569 e. The van der Waals surface area contributed by atoms with Crippen molar-refractivity contribution in [3.63, 3.8) is 0 Å². The molecule has 232 valence electrons. The van der Waals surface area contributed by atoms with Crippen LogP contribution in [0.2, 0.25) is 0 Å². The average Bonchev–Trinajstić information content (AvgIpc) is 3.49. The number of rotatable bonds is 18. The third kappa shape index (κ3) is 9.69. The number of allylic oxidation sites excluding steroid dienone is 2. The van der Waals surface area contributed by atoms with Gasteiger partial charge in [-0.3, -0.25) is 19.8 Å². The Morgan fingerprint density at radius 1 is 0.773 bits per heavy atom. The fourth-order valence-corrected chi connectivity index (χ4v) is 6.01. The highest BCUT2D eigenvalue weighted by atomic mass is 15.2. The molecule has 0 spiro atoms. The molecule has 5 rings (SSSR count). The third-order valence-electron chi connectivity index (χ3n) is 8.68. The van der Waals surface area contributed by atoms with Crippen molar-refractivity contribution in [2.75, 3.05) is 39.3 Å². The van der Waals surface area contributed by atoms with Gasteiger partial charge in [0.2, 0.25) is 0 Å². The van der Waals surface area contributed by atoms with Gasteiger partial charge in [0.1, 0.15) is 0 Å². The molecule has 3 N–H and O–H groups in total. The Labute approximate surface area is 264 Å². The summed E-state index contributed by atoms with van der Waals surface area (Å²) in [7, 11) is 0. The van der Waals surface area contributed by atoms with Crippen LogP contribution in [0.5, 0.6) is 0 Å². The largest absolute Gasteiger partial charge is 0.384 e. The summed E-state index contributed by atoms with van der Waals surface area (Å²) in [6.07, 6.45) is 13.9. The van der Waals surface area contributed by atoms with E-state index in [-0.39, 0.29) is 0 Å². The van der Waals surface area contributed by atoms with Crippen LogP contribution in [0.15, 0.2) is 109 Å². The molecule has 0 radical (unpaired) electrons. The molecule has 2 aliphatic rings. The first-order chi connectivity index (χ1) is 21.7. The van der Waals surface area contributed by atoms with Gasteiger partial charge in [0, 0.05) is 77.2 Å². The summed E-state index contributed by atoms with van der Waals surface area (Å²) in [5.74, 6) is 0.511. The van der Waals surface area contributed by atoms with Crippen LogP contribution in [0.3, 0.4) is 0 Å². The standard InChI is InChI=1S/C37H49N7/c1-3-43(22-17-33-25-42-37-30(2)9-8-12-36(33)37)28-31-13-15-32(16-14-31)29-44(23-20-38-26-34-10-4-6-18-40-34)24-21-39-27-35-11-5-7-19-41-35/h4-16,18-19,25,36-39,42H,3,17,20-24,26-29H2,1-2H3. The van der Waals surface area contributed by atoms with Crippen molar-refractivity contribution >= 4 is 0 Å². The lowest BCUT2D eigenvalue weighted by molar-refractivity contribution is 0.263. The van der Waals surface area contributed by atoms with Crippen molar-refractivity contribution in [3.8, 4) is 0 Å². The van der Waals surface area contributed by atoms with Gasteiger partial charge in [-0.25, -0.2) is 0 Å². The minimum absolute atomic E-state index is 0.450. The Morgan fingerprint density at radius 2 is 1.39 bits per heavy atom. The summed E-state index contributed by atoms with van der Waals surface area (Å²) in [6, 6.07) is 21.9. The molecule has 3 heterocycles. The van der Waals surface area contributed by atoms with Crippen molar-refractivity contribution in [3.05, 3.63) is 131 Å². The molecule has 7 heteroatoms. The van der Waals surface area contributed by atoms with Crippen molar-refractivity contribution in [2.24, 2.45) is 5.92 Å². The average molecular weight is 592 g/mol. The van der Waals surface area contributed by atoms with Gasteiger partial charge in [0.15, 0.2) is 0 Å². The summed E-state index contributed by atoms with van der Waals surface area (Å²) in [5.41, 5.74) is 7.84. The third-order valence-corrected chi connectivity index (χ3v) is 8.68. The van der Waals surface area contributed by atoms with Crippen LogP contribution >= 0.6 is 0 Å². The predicted molar refractivity (Wildman–Crippen MR) is 181 cm³/mol. The molecular formula is C37H49N7. The highest BCUT2D eigenvalue weighted by Gasteiger charge is 2.29. The van der Waals surface area contributed by atoms with Gasteiger partial charge in [-0.2, -0.15) is 0 Å². The number of hydrogen-bond acceptors (Lipinski definition) is 7. The lowest BCUT2D eigenvalue weighted by Crippen LogP contribution is -2.36. The van der Waals surface area contributed by atoms with E-state index in [4.69, 9.17) is 0 Å². The van der Waals surface area contributed by atoms with E-state index in [0.717, 1.165) is 83.3 Å². The van der Waals surface area contributed by atoms with E-state index in [0.29, 0.717) is 12.0 Å². The SMILES string of the molecule is CCN(CCC1=CNC2C(C)=CC=CC12)Cc1ccc(CN(CCNCc2ccccn2)CCNCc2ccccn2)cc1. The monoisotopic (exact) mass is 591 g/mol. The van der Waals surface area contributed by atoms with Crippen LogP contribution in [0, 0.1) is 5.92 Å². The number of aromatic nitrogens is 2. The van der Waals surface area contributed by atoms with E-state index in [9.17, 15) is 0 Å². The molecular weight excluding hydrogens is 542 g/mol. The highest BCUT2D eigenvalue weighted by molar-refractivity contribution is 5.36. The van der Waals surface area contributed by atoms with Crippen LogP contribution in [-0.2, 0) is 26.2 Å². The van der Waals surface area contributed by atoms with Gasteiger partial charge in [0.05, 0.1) is 17.4 Å². The van der Waals surface area contributed by atoms with Gasteiger partial charge >= 0.3 is 0 Å². The van der Waals surface area contributed by atoms with E-state index in [1.54, 1.807) is 0 Å². The molecule has 0 saturated heterocycles. The van der Waals surface area contributed by atoms with Crippen molar-refractivity contribution in [2.45, 2.75) is 52.5 Å². The first kappa shape index (κ1) is 31.8. The van der Waals surface area contributed by atoms with Gasteiger partial charge in [-0.05, 0) is 67.1 Å². The number of hydrogen-bond donors (Lipinski definition) is 3. The molecule has 3 aromatic rings. The zero-order valence-corrected chi connectivity index (χ0v) is 26.5. The molecule has 1 aliphatic carbocycles. The second-order valence-electron chi connectivity index (χ2n) is 11.9. The topological polar surface area (TPSA) is 68.3 Å². The fourth-order valence-electron chi connectivity index (χ4n) is 6.01. The van der Waals surface area contributed by atoms with Gasteiger partial charge in [-0.15, -0.1) is 0 Å². The minimum atomic E-state index is 0.450. The molecule has 1 aliphatic heterocycles. The van der Waals surface area contributed by atoms with Crippen LogP contribution in [0.25, 0.3) is 0 Å². The Bertz CT molecular complexity index is 1300. The number of pyridine rings is 2. The number of nitrogens with zero attached hydrogens (tertiary/aromatic N) is 4. The zero-order chi connectivity index (χ0) is 30.4. The molecule has 0 fully saturated rings. The van der Waals surface area contributed by atoms with E-state index in [1.807, 2.05) is 36.7 Å². The van der Waals surface area contributed by atoms with E-state index in [2.05, 4.69) is 110 Å². The molecule has 7 nitrogen and oxygen atoms in total. The van der Waals surface area contributed by atoms with E-state index in [1.165, 1.54) is 22.3 Å². The molecule has 44 heavy (non-hydrogen) atoms. The maximum atomic E-state index is 4.43. The first-order valence-electron chi connectivity index (χ1n) is 16.2. The second kappa shape index (κ2) is 17.0.